The maximum atomic E-state index is 9.71. The van der Waals surface area contributed by atoms with Crippen molar-refractivity contribution < 1.29 is 19.5 Å². The van der Waals surface area contributed by atoms with Crippen molar-refractivity contribution in [1.82, 2.24) is 10.9 Å². The molecule has 0 aromatic carbocycles. The van der Waals surface area contributed by atoms with Gasteiger partial charge < -0.3 is 14.7 Å². The number of rotatable bonds is 0. The lowest BCUT2D eigenvalue weighted by molar-refractivity contribution is 0.241. The van der Waals surface area contributed by atoms with Crippen LogP contribution in [0.25, 0.3) is 0 Å². The van der Waals surface area contributed by atoms with E-state index in [0.717, 1.165) is 0 Å². The highest BCUT2D eigenvalue weighted by molar-refractivity contribution is 8.06. The molecule has 8 nitrogen and oxygen atoms in total. The predicted molar refractivity (Wildman–Crippen MR) is 41.0 cm³/mol. The van der Waals surface area contributed by atoms with E-state index in [9.17, 15) is 4.79 Å². The molecule has 0 heterocycles. The molecule has 11 heavy (non-hydrogen) atoms. The Bertz CT molecular complexity index is 142. The van der Waals surface area contributed by atoms with Crippen LogP contribution in [0, 0.1) is 0 Å². The molecule has 2 amide bonds. The topological polar surface area (TPSA) is 154 Å². The number of nitrogens with one attached hydrogen (secondary N) is 2. The van der Waals surface area contributed by atoms with Gasteiger partial charge in [0.1, 0.15) is 0 Å². The molecule has 0 saturated carbocycles. The standard InChI is InChI=1S/CH6N4O.H3O3PS/c2-4-1(6)5-3;1-4(2,3)5/h2-3H2,(H2,4,5,6);(H3,1,2,3,5). The van der Waals surface area contributed by atoms with Crippen molar-refractivity contribution in [2.75, 3.05) is 0 Å². The molecule has 0 aromatic heterocycles. The zero-order valence-corrected chi connectivity index (χ0v) is 6.97. The van der Waals surface area contributed by atoms with Crippen LogP contribution in [0.5, 0.6) is 0 Å². The highest BCUT2D eigenvalue weighted by atomic mass is 32.5. The zero-order valence-electron chi connectivity index (χ0n) is 5.26. The summed E-state index contributed by atoms with van der Waals surface area (Å²) in [6.45, 7) is -3.81. The van der Waals surface area contributed by atoms with E-state index in [2.05, 4.69) is 23.5 Å². The molecular weight excluding hydrogens is 195 g/mol. The number of urea groups is 1. The minimum Gasteiger partial charge on any atom is -0.325 e. The summed E-state index contributed by atoms with van der Waals surface area (Å²) in [5, 5.41) is 0. The lowest BCUT2D eigenvalue weighted by Crippen LogP contribution is -2.43. The first-order valence-corrected chi connectivity index (χ1v) is 4.72. The molecule has 9 N–H and O–H groups in total. The van der Waals surface area contributed by atoms with Gasteiger partial charge in [-0.1, -0.05) is 0 Å². The average molecular weight is 204 g/mol. The minimum atomic E-state index is -3.81. The number of hydrogen-bond donors (Lipinski definition) is 7. The molecule has 0 bridgehead atoms. The monoisotopic (exact) mass is 204 g/mol. The molecular formula is CH9N4O4PS. The van der Waals surface area contributed by atoms with Crippen molar-refractivity contribution in [2.45, 2.75) is 0 Å². The molecule has 0 spiro atoms. The summed E-state index contributed by atoms with van der Waals surface area (Å²) in [7, 11) is 0. The van der Waals surface area contributed by atoms with E-state index in [-0.39, 0.29) is 0 Å². The molecule has 0 unspecified atom stereocenters. The molecule has 0 atom stereocenters. The van der Waals surface area contributed by atoms with E-state index in [1.54, 1.807) is 10.9 Å². The molecule has 68 valence electrons. The SMILES string of the molecule is NNC(=O)NN.OP(O)(O)=S. The fourth-order valence-corrected chi connectivity index (χ4v) is 0.0417. The van der Waals surface area contributed by atoms with Crippen molar-refractivity contribution in [3.05, 3.63) is 0 Å². The molecule has 0 aromatic rings. The lowest BCUT2D eigenvalue weighted by Gasteiger charge is -1.90. The maximum Gasteiger partial charge on any atom is 0.343 e. The summed E-state index contributed by atoms with van der Waals surface area (Å²) in [5.41, 5.74) is 3.48. The van der Waals surface area contributed by atoms with Gasteiger partial charge in [-0.3, -0.25) is 10.9 Å². The fraction of sp³-hybridized carbons (Fsp3) is 0. The Balaban J connectivity index is 0. The molecule has 0 aliphatic rings. The molecule has 0 saturated heterocycles. The number of carbonyl (C=O) groups is 1. The first-order chi connectivity index (χ1) is 4.81. The van der Waals surface area contributed by atoms with Crippen molar-refractivity contribution in [2.24, 2.45) is 11.7 Å². The molecule has 0 rings (SSSR count). The summed E-state index contributed by atoms with van der Waals surface area (Å²) in [4.78, 5) is 32.4. The van der Waals surface area contributed by atoms with Gasteiger partial charge in [0.15, 0.2) is 0 Å². The van der Waals surface area contributed by atoms with Crippen molar-refractivity contribution in [1.29, 1.82) is 0 Å². The fourth-order valence-electron chi connectivity index (χ4n) is 0.0417. The number of hydrogen-bond acceptors (Lipinski definition) is 4. The highest BCUT2D eigenvalue weighted by Crippen LogP contribution is 2.26. The van der Waals surface area contributed by atoms with E-state index >= 15 is 0 Å². The molecule has 0 aliphatic heterocycles. The summed E-state index contributed by atoms with van der Waals surface area (Å²) in [6.07, 6.45) is 0. The van der Waals surface area contributed by atoms with Crippen molar-refractivity contribution in [3.63, 3.8) is 0 Å². The van der Waals surface area contributed by atoms with Gasteiger partial charge in [0, 0.05) is 0 Å². The van der Waals surface area contributed by atoms with Gasteiger partial charge in [-0.15, -0.1) is 0 Å². The summed E-state index contributed by atoms with van der Waals surface area (Å²) in [5.74, 6) is 9.08. The maximum absolute atomic E-state index is 9.71. The smallest absolute Gasteiger partial charge is 0.325 e. The number of carbonyl (C=O) groups excluding carboxylic acids is 1. The Labute approximate surface area is 67.4 Å². The second-order valence-electron chi connectivity index (χ2n) is 1.13. The largest absolute Gasteiger partial charge is 0.343 e. The minimum absolute atomic E-state index is 0.602. The first kappa shape index (κ1) is 13.3. The second-order valence-corrected chi connectivity index (χ2v) is 3.63. The molecule has 10 heteroatoms. The highest BCUT2D eigenvalue weighted by Gasteiger charge is 1.92. The van der Waals surface area contributed by atoms with E-state index in [1.807, 2.05) is 0 Å². The molecule has 0 aliphatic carbocycles. The third-order valence-corrected chi connectivity index (χ3v) is 0.262. The van der Waals surface area contributed by atoms with Crippen LogP contribution in [0.15, 0.2) is 0 Å². The first-order valence-electron chi connectivity index (χ1n) is 2.06. The van der Waals surface area contributed by atoms with E-state index in [0.29, 0.717) is 0 Å². The van der Waals surface area contributed by atoms with Gasteiger partial charge >= 0.3 is 12.7 Å². The zero-order chi connectivity index (χ0) is 9.49. The van der Waals surface area contributed by atoms with Gasteiger partial charge in [0.2, 0.25) is 0 Å². The quantitative estimate of drug-likeness (QED) is 0.0974. The number of nitrogens with two attached hydrogens (primary N) is 2. The predicted octanol–water partition coefficient (Wildman–Crippen LogP) is -2.78. The second kappa shape index (κ2) is 6.43. The third-order valence-electron chi connectivity index (χ3n) is 0.262. The molecule has 0 radical (unpaired) electrons. The molecule has 0 fully saturated rings. The van der Waals surface area contributed by atoms with Crippen LogP contribution in [-0.2, 0) is 11.8 Å². The Morgan fingerprint density at radius 2 is 1.45 bits per heavy atom. The average Bonchev–Trinajstić information content (AvgIpc) is 1.83. The Hall–Kier alpha value is -0.280. The van der Waals surface area contributed by atoms with E-state index < -0.39 is 12.7 Å². The number of hydrazine groups is 2. The van der Waals surface area contributed by atoms with Crippen LogP contribution in [0.4, 0.5) is 4.79 Å². The van der Waals surface area contributed by atoms with Crippen LogP contribution >= 0.6 is 6.72 Å². The van der Waals surface area contributed by atoms with Gasteiger partial charge in [0.05, 0.1) is 0 Å². The van der Waals surface area contributed by atoms with Gasteiger partial charge in [-0.25, -0.2) is 16.5 Å². The third kappa shape index (κ3) is 41.9. The Kier molecular flexibility index (Phi) is 7.79. The number of amides is 2. The summed E-state index contributed by atoms with van der Waals surface area (Å²) in [6, 6.07) is -0.602. The summed E-state index contributed by atoms with van der Waals surface area (Å²) >= 11 is 3.60. The van der Waals surface area contributed by atoms with Crippen LogP contribution in [0.3, 0.4) is 0 Å². The van der Waals surface area contributed by atoms with Gasteiger partial charge in [-0.2, -0.15) is 0 Å². The van der Waals surface area contributed by atoms with Crippen LogP contribution in [0.1, 0.15) is 0 Å². The van der Waals surface area contributed by atoms with Crippen molar-refractivity contribution >= 4 is 24.6 Å². The van der Waals surface area contributed by atoms with Crippen LogP contribution in [-0.4, -0.2) is 20.7 Å². The van der Waals surface area contributed by atoms with Crippen LogP contribution < -0.4 is 22.5 Å². The Morgan fingerprint density at radius 3 is 1.45 bits per heavy atom. The summed E-state index contributed by atoms with van der Waals surface area (Å²) < 4.78 is 0. The van der Waals surface area contributed by atoms with Gasteiger partial charge in [-0.05, 0) is 11.8 Å². The lowest BCUT2D eigenvalue weighted by atomic mass is 11.1. The van der Waals surface area contributed by atoms with Gasteiger partial charge in [0.25, 0.3) is 0 Å². The van der Waals surface area contributed by atoms with E-state index in [4.69, 9.17) is 14.7 Å². The Morgan fingerprint density at radius 1 is 1.27 bits per heavy atom. The van der Waals surface area contributed by atoms with Crippen molar-refractivity contribution in [3.8, 4) is 0 Å². The normalized spacial score (nSPS) is 9.18. The van der Waals surface area contributed by atoms with Crippen LogP contribution in [0.2, 0.25) is 0 Å². The van der Waals surface area contributed by atoms with E-state index in [1.165, 1.54) is 0 Å².